The maximum Gasteiger partial charge on any atom is 0.338 e. The summed E-state index contributed by atoms with van der Waals surface area (Å²) in [6.07, 6.45) is -3.64. The number of rotatable bonds is 1. The first-order valence-corrected chi connectivity index (χ1v) is 6.74. The van der Waals surface area contributed by atoms with Crippen molar-refractivity contribution >= 4 is 5.97 Å². The normalized spacial score (nSPS) is 46.0. The second-order valence-corrected chi connectivity index (χ2v) is 6.28. The van der Waals surface area contributed by atoms with Crippen LogP contribution in [0.1, 0.15) is 27.7 Å². The number of ether oxygens (including phenoxy) is 5. The molecule has 3 saturated heterocycles. The van der Waals surface area contributed by atoms with Crippen molar-refractivity contribution in [2.24, 2.45) is 0 Å². The number of carbonyl (C=O) groups is 1. The minimum Gasteiger partial charge on any atom is -0.455 e. The molecule has 0 amide bonds. The zero-order valence-corrected chi connectivity index (χ0v) is 12.0. The van der Waals surface area contributed by atoms with Gasteiger partial charge in [0.1, 0.15) is 18.3 Å². The van der Waals surface area contributed by atoms with Crippen LogP contribution in [0.5, 0.6) is 0 Å². The molecule has 3 aliphatic heterocycles. The maximum atomic E-state index is 11.6. The first-order chi connectivity index (χ1) is 9.19. The third-order valence-corrected chi connectivity index (χ3v) is 3.69. The molecule has 1 N–H and O–H groups in total. The summed E-state index contributed by atoms with van der Waals surface area (Å²) in [6.45, 7) is 7.42. The molecule has 0 aromatic carbocycles. The molecule has 20 heavy (non-hydrogen) atoms. The number of hydrogen-bond donors (Lipinski definition) is 1. The van der Waals surface area contributed by atoms with Crippen LogP contribution >= 0.6 is 0 Å². The largest absolute Gasteiger partial charge is 0.455 e. The van der Waals surface area contributed by atoms with Gasteiger partial charge in [-0.15, -0.1) is 0 Å². The van der Waals surface area contributed by atoms with Gasteiger partial charge in [0.2, 0.25) is 0 Å². The molecule has 0 spiro atoms. The van der Waals surface area contributed by atoms with Gasteiger partial charge in [-0.3, -0.25) is 0 Å². The summed E-state index contributed by atoms with van der Waals surface area (Å²) in [5, 5.41) is 9.86. The molecule has 2 unspecified atom stereocenters. The highest BCUT2D eigenvalue weighted by Gasteiger charge is 2.58. The van der Waals surface area contributed by atoms with Crippen LogP contribution in [0.25, 0.3) is 0 Å². The molecule has 0 radical (unpaired) electrons. The van der Waals surface area contributed by atoms with E-state index in [0.717, 1.165) is 0 Å². The molecule has 3 fully saturated rings. The van der Waals surface area contributed by atoms with Crippen molar-refractivity contribution < 1.29 is 33.6 Å². The van der Waals surface area contributed by atoms with Gasteiger partial charge in [0.25, 0.3) is 0 Å². The SMILES string of the molecule is CC1(C)OC([C@H]2COC(C)(C)O2)C2OC(=O)[C@H](O)[C@@H]2O1. The van der Waals surface area contributed by atoms with Crippen molar-refractivity contribution in [3.63, 3.8) is 0 Å². The Morgan fingerprint density at radius 2 is 1.65 bits per heavy atom. The van der Waals surface area contributed by atoms with Crippen molar-refractivity contribution in [2.75, 3.05) is 6.61 Å². The van der Waals surface area contributed by atoms with E-state index in [9.17, 15) is 9.90 Å². The van der Waals surface area contributed by atoms with Gasteiger partial charge in [0.05, 0.1) is 6.61 Å². The van der Waals surface area contributed by atoms with E-state index in [4.69, 9.17) is 23.7 Å². The minimum absolute atomic E-state index is 0.338. The monoisotopic (exact) mass is 288 g/mol. The fourth-order valence-electron chi connectivity index (χ4n) is 2.89. The fourth-order valence-corrected chi connectivity index (χ4v) is 2.89. The number of esters is 1. The Morgan fingerprint density at radius 1 is 1.00 bits per heavy atom. The molecule has 5 atom stereocenters. The number of aliphatic hydroxyl groups excluding tert-OH is 1. The summed E-state index contributed by atoms with van der Waals surface area (Å²) in [4.78, 5) is 11.6. The number of fused-ring (bicyclic) bond motifs is 1. The molecule has 0 aliphatic carbocycles. The molecular formula is C13H20O7. The molecule has 0 saturated carbocycles. The predicted octanol–water partition coefficient (Wildman–Crippen LogP) is -0.0557. The van der Waals surface area contributed by atoms with Crippen LogP contribution in [0.2, 0.25) is 0 Å². The van der Waals surface area contributed by atoms with Gasteiger partial charge >= 0.3 is 5.97 Å². The van der Waals surface area contributed by atoms with E-state index in [1.807, 2.05) is 13.8 Å². The summed E-state index contributed by atoms with van der Waals surface area (Å²) in [5.74, 6) is -2.33. The van der Waals surface area contributed by atoms with E-state index in [-0.39, 0.29) is 6.10 Å². The van der Waals surface area contributed by atoms with Gasteiger partial charge in [-0.25, -0.2) is 4.79 Å². The highest BCUT2D eigenvalue weighted by molar-refractivity contribution is 5.78. The second-order valence-electron chi connectivity index (χ2n) is 6.28. The Bertz CT molecular complexity index is 419. The van der Waals surface area contributed by atoms with Crippen molar-refractivity contribution in [3.05, 3.63) is 0 Å². The van der Waals surface area contributed by atoms with E-state index in [1.54, 1.807) is 13.8 Å². The summed E-state index contributed by atoms with van der Waals surface area (Å²) >= 11 is 0. The summed E-state index contributed by atoms with van der Waals surface area (Å²) in [7, 11) is 0. The lowest BCUT2D eigenvalue weighted by atomic mass is 9.99. The molecule has 3 rings (SSSR count). The van der Waals surface area contributed by atoms with Crippen LogP contribution < -0.4 is 0 Å². The van der Waals surface area contributed by atoms with Gasteiger partial charge in [-0.1, -0.05) is 0 Å². The molecule has 114 valence electrons. The zero-order valence-electron chi connectivity index (χ0n) is 12.0. The third kappa shape index (κ3) is 2.33. The Balaban J connectivity index is 1.84. The molecule has 7 heteroatoms. The van der Waals surface area contributed by atoms with Gasteiger partial charge in [0, 0.05) is 0 Å². The Labute approximate surface area is 117 Å². The Morgan fingerprint density at radius 3 is 2.25 bits per heavy atom. The second kappa shape index (κ2) is 4.38. The van der Waals surface area contributed by atoms with Crippen molar-refractivity contribution in [3.8, 4) is 0 Å². The van der Waals surface area contributed by atoms with Crippen LogP contribution in [0.15, 0.2) is 0 Å². The van der Waals surface area contributed by atoms with Crippen LogP contribution in [0.4, 0.5) is 0 Å². The highest BCUT2D eigenvalue weighted by Crippen LogP contribution is 2.39. The molecule has 7 nitrogen and oxygen atoms in total. The summed E-state index contributed by atoms with van der Waals surface area (Å²) < 4.78 is 28.0. The quantitative estimate of drug-likeness (QED) is 0.677. The van der Waals surface area contributed by atoms with Gasteiger partial charge < -0.3 is 28.8 Å². The average molecular weight is 288 g/mol. The lowest BCUT2D eigenvalue weighted by Gasteiger charge is -2.43. The predicted molar refractivity (Wildman–Crippen MR) is 64.6 cm³/mol. The highest BCUT2D eigenvalue weighted by atomic mass is 16.8. The molecule has 0 aromatic heterocycles. The number of carbonyl (C=O) groups excluding carboxylic acids is 1. The smallest absolute Gasteiger partial charge is 0.338 e. The van der Waals surface area contributed by atoms with Crippen LogP contribution in [-0.2, 0) is 28.5 Å². The van der Waals surface area contributed by atoms with Gasteiger partial charge in [0.15, 0.2) is 23.8 Å². The van der Waals surface area contributed by atoms with Crippen LogP contribution in [0, 0.1) is 0 Å². The number of aliphatic hydroxyl groups is 1. The average Bonchev–Trinajstić information content (AvgIpc) is 2.81. The van der Waals surface area contributed by atoms with Crippen molar-refractivity contribution in [2.45, 2.75) is 69.8 Å². The molecule has 0 bridgehead atoms. The standard InChI is InChI=1S/C13H20O7/c1-12(2)16-5-6(18-12)8-10-9(7(14)11(15)17-10)20-13(3,4)19-8/h6-10,14H,5H2,1-4H3/t6-,7-,8?,9+,10?/m1/s1. The number of hydrogen-bond acceptors (Lipinski definition) is 7. The first kappa shape index (κ1) is 14.2. The Kier molecular flexibility index (Phi) is 3.11. The Hall–Kier alpha value is -0.730. The van der Waals surface area contributed by atoms with E-state index in [2.05, 4.69) is 0 Å². The zero-order chi connectivity index (χ0) is 14.7. The van der Waals surface area contributed by atoms with Crippen molar-refractivity contribution in [1.29, 1.82) is 0 Å². The molecule has 3 heterocycles. The molecule has 3 aliphatic rings. The molecule has 0 aromatic rings. The maximum absolute atomic E-state index is 11.6. The van der Waals surface area contributed by atoms with E-state index >= 15 is 0 Å². The topological polar surface area (TPSA) is 83.5 Å². The lowest BCUT2D eigenvalue weighted by molar-refractivity contribution is -0.342. The van der Waals surface area contributed by atoms with E-state index < -0.39 is 42.0 Å². The van der Waals surface area contributed by atoms with Gasteiger partial charge in [-0.2, -0.15) is 0 Å². The molecular weight excluding hydrogens is 268 g/mol. The lowest BCUT2D eigenvalue weighted by Crippen LogP contribution is -2.59. The van der Waals surface area contributed by atoms with E-state index in [1.165, 1.54) is 0 Å². The van der Waals surface area contributed by atoms with Gasteiger partial charge in [-0.05, 0) is 27.7 Å². The van der Waals surface area contributed by atoms with E-state index in [0.29, 0.717) is 6.61 Å². The van der Waals surface area contributed by atoms with Crippen LogP contribution in [-0.4, -0.2) is 59.8 Å². The fraction of sp³-hybridized carbons (Fsp3) is 0.923. The summed E-state index contributed by atoms with van der Waals surface area (Å²) in [5.41, 5.74) is 0. The van der Waals surface area contributed by atoms with Crippen molar-refractivity contribution in [1.82, 2.24) is 0 Å². The summed E-state index contributed by atoms with van der Waals surface area (Å²) in [6, 6.07) is 0. The third-order valence-electron chi connectivity index (χ3n) is 3.69. The van der Waals surface area contributed by atoms with Crippen LogP contribution in [0.3, 0.4) is 0 Å². The first-order valence-electron chi connectivity index (χ1n) is 6.74. The minimum atomic E-state index is -1.29.